The molecule has 0 fully saturated rings. The minimum atomic E-state index is -1.07. The number of carboxylic acid groups (broad SMARTS) is 2. The summed E-state index contributed by atoms with van der Waals surface area (Å²) in [6.45, 7) is 2.21. The zero-order valence-corrected chi connectivity index (χ0v) is 15.5. The molecular weight excluding hydrogens is 347 g/mol. The van der Waals surface area contributed by atoms with Crippen LogP contribution in [0.2, 0.25) is 0 Å². The molecule has 120 valence electrons. The number of hydrogen-bond donors (Lipinski definition) is 2. The Balaban J connectivity index is 0. The van der Waals surface area contributed by atoms with Crippen molar-refractivity contribution in [2.24, 2.45) is 5.92 Å². The van der Waals surface area contributed by atoms with Crippen LogP contribution in [0.25, 0.3) is 0 Å². The van der Waals surface area contributed by atoms with Crippen LogP contribution in [0.3, 0.4) is 0 Å². The van der Waals surface area contributed by atoms with Gasteiger partial charge < -0.3 is 10.2 Å². The number of carboxylic acids is 2. The minimum Gasteiger partial charge on any atom is -0.481 e. The fourth-order valence-corrected chi connectivity index (χ4v) is 2.08. The van der Waals surface area contributed by atoms with Gasteiger partial charge in [0.25, 0.3) is 0 Å². The second-order valence-corrected chi connectivity index (χ2v) is 5.23. The first kappa shape index (κ1) is 22.8. The molecule has 0 bridgehead atoms. The summed E-state index contributed by atoms with van der Waals surface area (Å²) in [5.74, 6) is -3.05. The Morgan fingerprint density at radius 1 is 0.952 bits per heavy atom. The Morgan fingerprint density at radius 3 is 1.95 bits per heavy atom. The monoisotopic (exact) mass is 374 g/mol. The van der Waals surface area contributed by atoms with Gasteiger partial charge in [-0.15, -0.1) is 0 Å². The van der Waals surface area contributed by atoms with E-state index >= 15 is 0 Å². The Kier molecular flexibility index (Phi) is 17.3. The van der Waals surface area contributed by atoms with Crippen LogP contribution < -0.4 is 0 Å². The molecule has 0 rings (SSSR count). The van der Waals surface area contributed by atoms with E-state index in [9.17, 15) is 9.59 Å². The molecule has 0 saturated heterocycles. The van der Waals surface area contributed by atoms with Gasteiger partial charge in [-0.1, -0.05) is 64.0 Å². The molecule has 0 aliphatic heterocycles. The molecule has 5 heteroatoms. The number of carbonyl (C=O) groups is 2. The topological polar surface area (TPSA) is 74.6 Å². The number of allylic oxidation sites excluding steroid dienone is 1. The maximum Gasteiger partial charge on any atom is 0.310 e. The van der Waals surface area contributed by atoms with Gasteiger partial charge >= 0.3 is 11.9 Å². The van der Waals surface area contributed by atoms with E-state index in [4.69, 9.17) is 10.2 Å². The van der Waals surface area contributed by atoms with E-state index in [0.717, 1.165) is 19.3 Å². The van der Waals surface area contributed by atoms with Crippen LogP contribution in [-0.4, -0.2) is 22.2 Å². The molecule has 1 unspecified atom stereocenters. The van der Waals surface area contributed by atoms with Gasteiger partial charge in [-0.2, -0.15) is 0 Å². The van der Waals surface area contributed by atoms with Crippen molar-refractivity contribution < 1.29 is 46.0 Å². The summed E-state index contributed by atoms with van der Waals surface area (Å²) in [6, 6.07) is 0. The molecule has 0 aromatic carbocycles. The zero-order valence-electron chi connectivity index (χ0n) is 13.0. The number of rotatable bonds is 13. The van der Waals surface area contributed by atoms with Crippen LogP contribution in [-0.2, 0) is 35.8 Å². The summed E-state index contributed by atoms with van der Waals surface area (Å²) in [4.78, 5) is 21.3. The Bertz CT molecular complexity index is 303. The van der Waals surface area contributed by atoms with E-state index in [0.29, 0.717) is 0 Å². The third kappa shape index (κ3) is 15.8. The molecule has 0 aliphatic carbocycles. The van der Waals surface area contributed by atoms with E-state index in [-0.39, 0.29) is 32.6 Å². The fraction of sp³-hybridized carbons (Fsp3) is 0.750. The average molecular weight is 376 g/mol. The van der Waals surface area contributed by atoms with Crippen LogP contribution >= 0.6 is 0 Å². The first-order chi connectivity index (χ1) is 9.57. The van der Waals surface area contributed by atoms with Gasteiger partial charge in [0.15, 0.2) is 0 Å². The van der Waals surface area contributed by atoms with E-state index in [1.165, 1.54) is 44.6 Å². The van der Waals surface area contributed by atoms with Crippen molar-refractivity contribution in [1.82, 2.24) is 0 Å². The second kappa shape index (κ2) is 15.9. The van der Waals surface area contributed by atoms with Crippen LogP contribution in [0.4, 0.5) is 0 Å². The molecule has 1 atom stereocenters. The summed E-state index contributed by atoms with van der Waals surface area (Å²) in [7, 11) is 0. The van der Waals surface area contributed by atoms with Gasteiger partial charge in [-0.3, -0.25) is 9.59 Å². The molecule has 0 aromatic rings. The van der Waals surface area contributed by atoms with Crippen molar-refractivity contribution in [1.29, 1.82) is 0 Å². The quantitative estimate of drug-likeness (QED) is 0.373. The van der Waals surface area contributed by atoms with Crippen molar-refractivity contribution in [3.8, 4) is 0 Å². The summed E-state index contributed by atoms with van der Waals surface area (Å²) in [6.07, 6.45) is 13.7. The van der Waals surface area contributed by atoms with Crippen molar-refractivity contribution in [2.45, 2.75) is 71.1 Å². The second-order valence-electron chi connectivity index (χ2n) is 5.23. The van der Waals surface area contributed by atoms with Gasteiger partial charge in [0, 0.05) is 26.2 Å². The third-order valence-corrected chi connectivity index (χ3v) is 3.30. The van der Waals surface area contributed by atoms with Crippen LogP contribution in [0.1, 0.15) is 71.1 Å². The third-order valence-electron chi connectivity index (χ3n) is 3.30. The van der Waals surface area contributed by atoms with Crippen LogP contribution in [0.15, 0.2) is 12.2 Å². The Hall–Kier alpha value is -0.437. The van der Waals surface area contributed by atoms with Gasteiger partial charge in [0.1, 0.15) is 0 Å². The molecule has 0 heterocycles. The molecule has 0 amide bonds. The molecule has 0 spiro atoms. The molecule has 21 heavy (non-hydrogen) atoms. The molecule has 2 N–H and O–H groups in total. The summed E-state index contributed by atoms with van der Waals surface area (Å²) in [5.41, 5.74) is 0. The molecule has 4 nitrogen and oxygen atoms in total. The standard InChI is InChI=1S/C16H28O4.Zr/c1-2-3-4-5-6-7-8-9-10-11-12-14(16(19)20)13-15(17)18;/h11-12,14H,2-10,13H2,1H3,(H,17,18)(H,19,20);. The summed E-state index contributed by atoms with van der Waals surface area (Å²) in [5, 5.41) is 17.4. The number of unbranched alkanes of at least 4 members (excludes halogenated alkanes) is 8. The SMILES string of the molecule is CCCCCCCCCCC=CC(CC(=O)O)C(=O)O.[Zr]. The first-order valence-corrected chi connectivity index (χ1v) is 7.69. The average Bonchev–Trinajstić information content (AvgIpc) is 2.39. The number of hydrogen-bond acceptors (Lipinski definition) is 2. The van der Waals surface area contributed by atoms with Crippen molar-refractivity contribution >= 4 is 11.9 Å². The molecule has 0 aromatic heterocycles. The largest absolute Gasteiger partial charge is 0.481 e. The summed E-state index contributed by atoms with van der Waals surface area (Å²) >= 11 is 0. The smallest absolute Gasteiger partial charge is 0.310 e. The van der Waals surface area contributed by atoms with Gasteiger partial charge in [0.2, 0.25) is 0 Å². The van der Waals surface area contributed by atoms with Crippen molar-refractivity contribution in [2.75, 3.05) is 0 Å². The van der Waals surface area contributed by atoms with Gasteiger partial charge in [0.05, 0.1) is 12.3 Å². The summed E-state index contributed by atoms with van der Waals surface area (Å²) < 4.78 is 0. The minimum absolute atomic E-state index is 0. The van der Waals surface area contributed by atoms with Crippen molar-refractivity contribution in [3.05, 3.63) is 12.2 Å². The van der Waals surface area contributed by atoms with E-state index in [1.54, 1.807) is 6.08 Å². The number of aliphatic carboxylic acids is 2. The predicted octanol–water partition coefficient (Wildman–Crippen LogP) is 4.25. The van der Waals surface area contributed by atoms with E-state index < -0.39 is 17.9 Å². The Morgan fingerprint density at radius 2 is 1.48 bits per heavy atom. The van der Waals surface area contributed by atoms with Gasteiger partial charge in [-0.25, -0.2) is 0 Å². The predicted molar refractivity (Wildman–Crippen MR) is 79.7 cm³/mol. The normalized spacial score (nSPS) is 12.0. The van der Waals surface area contributed by atoms with Crippen LogP contribution in [0, 0.1) is 5.92 Å². The molecule has 0 saturated carbocycles. The maximum absolute atomic E-state index is 10.8. The molecule has 0 radical (unpaired) electrons. The van der Waals surface area contributed by atoms with E-state index in [1.807, 2.05) is 0 Å². The van der Waals surface area contributed by atoms with Crippen LogP contribution in [0.5, 0.6) is 0 Å². The molecular formula is C16H28O4Zr. The van der Waals surface area contributed by atoms with Crippen molar-refractivity contribution in [3.63, 3.8) is 0 Å². The van der Waals surface area contributed by atoms with E-state index in [2.05, 4.69) is 6.92 Å². The molecule has 0 aliphatic rings. The fourth-order valence-electron chi connectivity index (χ4n) is 2.08. The van der Waals surface area contributed by atoms with Gasteiger partial charge in [-0.05, 0) is 12.8 Å². The first-order valence-electron chi connectivity index (χ1n) is 7.69. The zero-order chi connectivity index (χ0) is 15.2. The Labute approximate surface area is 147 Å². The maximum atomic E-state index is 10.8.